The Bertz CT molecular complexity index is 711. The Morgan fingerprint density at radius 2 is 1.50 bits per heavy atom. The summed E-state index contributed by atoms with van der Waals surface area (Å²) >= 11 is 0. The first-order valence-corrected chi connectivity index (χ1v) is 9.66. The number of rotatable bonds is 5. The molecule has 0 spiro atoms. The van der Waals surface area contributed by atoms with Crippen molar-refractivity contribution in [2.75, 3.05) is 19.6 Å². The molecule has 4 rings (SSSR count). The number of nitrogens with zero attached hydrogens (tertiary/aromatic N) is 2. The third-order valence-electron chi connectivity index (χ3n) is 5.63. The molecular weight excluding hydrogens is 322 g/mol. The van der Waals surface area contributed by atoms with Gasteiger partial charge in [-0.2, -0.15) is 0 Å². The van der Waals surface area contributed by atoms with E-state index < -0.39 is 0 Å². The van der Waals surface area contributed by atoms with Crippen LogP contribution in [0.5, 0.6) is 0 Å². The molecule has 1 unspecified atom stereocenters. The maximum atomic E-state index is 12.4. The van der Waals surface area contributed by atoms with E-state index in [-0.39, 0.29) is 12.1 Å². The minimum atomic E-state index is 0.118. The Labute approximate surface area is 155 Å². The molecule has 2 heterocycles. The monoisotopic (exact) mass is 349 g/mol. The van der Waals surface area contributed by atoms with E-state index in [9.17, 15) is 4.79 Å². The number of piperidine rings is 1. The predicted octanol–water partition coefficient (Wildman–Crippen LogP) is 3.29. The van der Waals surface area contributed by atoms with Gasteiger partial charge >= 0.3 is 6.03 Å². The van der Waals surface area contributed by atoms with Gasteiger partial charge in [0.05, 0.1) is 6.04 Å². The van der Waals surface area contributed by atoms with Crippen molar-refractivity contribution >= 4 is 6.03 Å². The molecule has 0 radical (unpaired) electrons. The first-order valence-electron chi connectivity index (χ1n) is 9.66. The van der Waals surface area contributed by atoms with Crippen molar-refractivity contribution < 1.29 is 4.79 Å². The Morgan fingerprint density at radius 1 is 0.885 bits per heavy atom. The molecule has 4 heteroatoms. The highest BCUT2D eigenvalue weighted by Crippen LogP contribution is 2.24. The normalized spacial score (nSPS) is 21.8. The van der Waals surface area contributed by atoms with Gasteiger partial charge in [-0.25, -0.2) is 4.79 Å². The highest BCUT2D eigenvalue weighted by molar-refractivity contribution is 5.77. The number of benzene rings is 2. The fraction of sp³-hybridized carbons (Fsp3) is 0.409. The van der Waals surface area contributed by atoms with Crippen LogP contribution >= 0.6 is 0 Å². The van der Waals surface area contributed by atoms with Gasteiger partial charge in [0, 0.05) is 32.2 Å². The number of amides is 2. The lowest BCUT2D eigenvalue weighted by atomic mass is 9.99. The highest BCUT2D eigenvalue weighted by Gasteiger charge is 2.37. The van der Waals surface area contributed by atoms with Gasteiger partial charge < -0.3 is 10.2 Å². The molecule has 1 atom stereocenters. The van der Waals surface area contributed by atoms with Crippen LogP contribution in [0.1, 0.15) is 24.0 Å². The summed E-state index contributed by atoms with van der Waals surface area (Å²) in [7, 11) is 0. The predicted molar refractivity (Wildman–Crippen MR) is 104 cm³/mol. The Hall–Kier alpha value is -2.33. The summed E-state index contributed by atoms with van der Waals surface area (Å²) in [6.07, 6.45) is 3.06. The minimum absolute atomic E-state index is 0.118. The van der Waals surface area contributed by atoms with E-state index in [1.54, 1.807) is 0 Å². The summed E-state index contributed by atoms with van der Waals surface area (Å²) in [5, 5.41) is 3.06. The molecule has 0 saturated carbocycles. The van der Waals surface area contributed by atoms with Crippen molar-refractivity contribution in [3.63, 3.8) is 0 Å². The summed E-state index contributed by atoms with van der Waals surface area (Å²) in [5.41, 5.74) is 2.67. The minimum Gasteiger partial charge on any atom is -0.336 e. The van der Waals surface area contributed by atoms with Crippen LogP contribution in [0.4, 0.5) is 4.79 Å². The van der Waals surface area contributed by atoms with Crippen molar-refractivity contribution in [2.45, 2.75) is 37.9 Å². The van der Waals surface area contributed by atoms with Crippen LogP contribution in [0.3, 0.4) is 0 Å². The molecule has 2 aliphatic rings. The van der Waals surface area contributed by atoms with Crippen LogP contribution in [-0.2, 0) is 13.0 Å². The third kappa shape index (κ3) is 3.91. The molecule has 1 N–H and O–H groups in total. The van der Waals surface area contributed by atoms with Crippen LogP contribution in [0.25, 0.3) is 0 Å². The van der Waals surface area contributed by atoms with E-state index in [0.717, 1.165) is 45.4 Å². The van der Waals surface area contributed by atoms with Crippen molar-refractivity contribution in [3.8, 4) is 0 Å². The van der Waals surface area contributed by atoms with Crippen LogP contribution in [0.2, 0.25) is 0 Å². The molecule has 2 aromatic rings. The second-order valence-corrected chi connectivity index (χ2v) is 7.43. The number of urea groups is 1. The van der Waals surface area contributed by atoms with E-state index in [1.165, 1.54) is 11.1 Å². The lowest BCUT2D eigenvalue weighted by Crippen LogP contribution is -2.49. The van der Waals surface area contributed by atoms with E-state index in [1.807, 2.05) is 6.07 Å². The summed E-state index contributed by atoms with van der Waals surface area (Å²) in [6.45, 7) is 3.88. The fourth-order valence-corrected chi connectivity index (χ4v) is 4.28. The average Bonchev–Trinajstić information content (AvgIpc) is 3.04. The zero-order valence-electron chi connectivity index (χ0n) is 15.2. The molecule has 0 bridgehead atoms. The van der Waals surface area contributed by atoms with Gasteiger partial charge in [0.2, 0.25) is 0 Å². The van der Waals surface area contributed by atoms with Crippen molar-refractivity contribution in [1.29, 1.82) is 0 Å². The molecule has 26 heavy (non-hydrogen) atoms. The maximum Gasteiger partial charge on any atom is 0.318 e. The topological polar surface area (TPSA) is 35.6 Å². The fourth-order valence-electron chi connectivity index (χ4n) is 4.28. The summed E-state index contributed by atoms with van der Waals surface area (Å²) in [6, 6.07) is 21.9. The highest BCUT2D eigenvalue weighted by atomic mass is 16.2. The van der Waals surface area contributed by atoms with Gasteiger partial charge in [0.1, 0.15) is 0 Å². The molecule has 0 aliphatic carbocycles. The van der Waals surface area contributed by atoms with Gasteiger partial charge in [0.15, 0.2) is 0 Å². The van der Waals surface area contributed by atoms with Crippen molar-refractivity contribution in [2.24, 2.45) is 0 Å². The van der Waals surface area contributed by atoms with E-state index in [0.29, 0.717) is 6.04 Å². The first-order chi connectivity index (χ1) is 12.8. The average molecular weight is 349 g/mol. The molecule has 0 aromatic heterocycles. The number of nitrogens with one attached hydrogen (secondary N) is 1. The van der Waals surface area contributed by atoms with Gasteiger partial charge in [-0.1, -0.05) is 60.7 Å². The number of hydrogen-bond donors (Lipinski definition) is 1. The Kier molecular flexibility index (Phi) is 5.21. The SMILES string of the molecule is O=C1NCC(Cc2ccccc2)N1C1CCN(Cc2ccccc2)CC1. The second kappa shape index (κ2) is 7.92. The van der Waals surface area contributed by atoms with Gasteiger partial charge in [0.25, 0.3) is 0 Å². The zero-order valence-corrected chi connectivity index (χ0v) is 15.2. The largest absolute Gasteiger partial charge is 0.336 e. The quantitative estimate of drug-likeness (QED) is 0.899. The van der Waals surface area contributed by atoms with Crippen LogP contribution < -0.4 is 5.32 Å². The van der Waals surface area contributed by atoms with Gasteiger partial charge in [-0.15, -0.1) is 0 Å². The lowest BCUT2D eigenvalue weighted by molar-refractivity contribution is 0.112. The van der Waals surface area contributed by atoms with E-state index in [4.69, 9.17) is 0 Å². The molecule has 4 nitrogen and oxygen atoms in total. The van der Waals surface area contributed by atoms with E-state index in [2.05, 4.69) is 69.7 Å². The second-order valence-electron chi connectivity index (χ2n) is 7.43. The van der Waals surface area contributed by atoms with Crippen LogP contribution in [-0.4, -0.2) is 47.5 Å². The molecule has 136 valence electrons. The smallest absolute Gasteiger partial charge is 0.318 e. The van der Waals surface area contributed by atoms with Crippen molar-refractivity contribution in [3.05, 3.63) is 71.8 Å². The maximum absolute atomic E-state index is 12.4. The first kappa shape index (κ1) is 17.1. The zero-order chi connectivity index (χ0) is 17.8. The summed E-state index contributed by atoms with van der Waals surface area (Å²) in [4.78, 5) is 17.1. The van der Waals surface area contributed by atoms with Gasteiger partial charge in [-0.05, 0) is 30.4 Å². The molecule has 2 amide bonds. The van der Waals surface area contributed by atoms with Gasteiger partial charge in [-0.3, -0.25) is 4.90 Å². The van der Waals surface area contributed by atoms with Crippen molar-refractivity contribution in [1.82, 2.24) is 15.1 Å². The summed E-state index contributed by atoms with van der Waals surface area (Å²) in [5.74, 6) is 0. The standard InChI is InChI=1S/C22H27N3O/c26-22-23-16-21(15-18-7-3-1-4-8-18)25(22)20-11-13-24(14-12-20)17-19-9-5-2-6-10-19/h1-10,20-21H,11-17H2,(H,23,26). The van der Waals surface area contributed by atoms with Crippen LogP contribution in [0, 0.1) is 0 Å². The van der Waals surface area contributed by atoms with E-state index >= 15 is 0 Å². The summed E-state index contributed by atoms with van der Waals surface area (Å²) < 4.78 is 0. The molecule has 2 aromatic carbocycles. The number of hydrogen-bond acceptors (Lipinski definition) is 2. The molecule has 2 aliphatic heterocycles. The number of carbonyl (C=O) groups is 1. The molecule has 2 fully saturated rings. The Balaban J connectivity index is 1.35. The van der Waals surface area contributed by atoms with Crippen LogP contribution in [0.15, 0.2) is 60.7 Å². The third-order valence-corrected chi connectivity index (χ3v) is 5.63. The molecular formula is C22H27N3O. The lowest BCUT2D eigenvalue weighted by Gasteiger charge is -2.38. The molecule has 2 saturated heterocycles. The number of likely N-dealkylation sites (tertiary alicyclic amines) is 1. The number of carbonyl (C=O) groups excluding carboxylic acids is 1. The Morgan fingerprint density at radius 3 is 2.15 bits per heavy atom.